The molecule has 9 nitrogen and oxygen atoms in total. The maximum atomic E-state index is 12.9. The molecule has 0 unspecified atom stereocenters. The summed E-state index contributed by atoms with van der Waals surface area (Å²) in [5, 5.41) is 4.44. The molecule has 0 bridgehead atoms. The molecule has 0 radical (unpaired) electrons. The molecule has 0 spiro atoms. The highest BCUT2D eigenvalue weighted by atomic mass is 35.5. The summed E-state index contributed by atoms with van der Waals surface area (Å²) in [5.74, 6) is 0.881. The van der Waals surface area contributed by atoms with E-state index in [1.54, 1.807) is 37.1 Å². The first-order valence-corrected chi connectivity index (χ1v) is 11.3. The third-order valence-corrected chi connectivity index (χ3v) is 5.87. The minimum absolute atomic E-state index is 0.224. The number of aryl methyl sites for hydroxylation is 1. The predicted molar refractivity (Wildman–Crippen MR) is 134 cm³/mol. The van der Waals surface area contributed by atoms with Crippen molar-refractivity contribution in [2.75, 3.05) is 5.32 Å². The zero-order chi connectivity index (χ0) is 24.4. The Bertz CT molecular complexity index is 1550. The highest BCUT2D eigenvalue weighted by Crippen LogP contribution is 2.30. The van der Waals surface area contributed by atoms with Gasteiger partial charge in [-0.2, -0.15) is 0 Å². The largest absolute Gasteiger partial charge is 0.486 e. The zero-order valence-electron chi connectivity index (χ0n) is 19.1. The fourth-order valence-electron chi connectivity index (χ4n) is 3.74. The van der Waals surface area contributed by atoms with Crippen molar-refractivity contribution in [1.29, 1.82) is 0 Å². The summed E-state index contributed by atoms with van der Waals surface area (Å²) in [5.41, 5.74) is 3.31. The molecule has 5 aromatic rings. The van der Waals surface area contributed by atoms with Crippen LogP contribution in [0.1, 0.15) is 24.2 Å². The predicted octanol–water partition coefficient (Wildman–Crippen LogP) is 4.52. The molecule has 1 aromatic carbocycles. The number of nitrogens with one attached hydrogen (secondary N) is 2. The summed E-state index contributed by atoms with van der Waals surface area (Å²) in [6.07, 6.45) is 6.82. The molecule has 2 N–H and O–H groups in total. The SMILES string of the molecule is C[C@H](Nc1nccc(-c2cncn2C)n1)c1cc2cc(Cl)c(OCc3ccccn3)cc2[nH]c1=O. The highest BCUT2D eigenvalue weighted by molar-refractivity contribution is 6.32. The Labute approximate surface area is 205 Å². The number of benzene rings is 1. The topological polar surface area (TPSA) is 111 Å². The fourth-order valence-corrected chi connectivity index (χ4v) is 3.96. The lowest BCUT2D eigenvalue weighted by atomic mass is 10.1. The van der Waals surface area contributed by atoms with Gasteiger partial charge >= 0.3 is 0 Å². The molecular formula is C25H22ClN7O2. The Morgan fingerprint density at radius 2 is 2.06 bits per heavy atom. The molecule has 10 heteroatoms. The summed E-state index contributed by atoms with van der Waals surface area (Å²) < 4.78 is 7.70. The van der Waals surface area contributed by atoms with Crippen LogP contribution in [-0.2, 0) is 13.7 Å². The molecule has 0 aliphatic carbocycles. The van der Waals surface area contributed by atoms with Crippen molar-refractivity contribution in [3.63, 3.8) is 0 Å². The monoisotopic (exact) mass is 487 g/mol. The van der Waals surface area contributed by atoms with E-state index in [1.165, 1.54) is 0 Å². The van der Waals surface area contributed by atoms with Gasteiger partial charge in [-0.05, 0) is 37.3 Å². The average molecular weight is 488 g/mol. The molecule has 0 fully saturated rings. The van der Waals surface area contributed by atoms with Crippen molar-refractivity contribution in [2.45, 2.75) is 19.6 Å². The number of ether oxygens (including phenoxy) is 1. The van der Waals surface area contributed by atoms with Crippen molar-refractivity contribution in [3.05, 3.63) is 94.0 Å². The number of hydrogen-bond acceptors (Lipinski definition) is 7. The van der Waals surface area contributed by atoms with Crippen LogP contribution in [0, 0.1) is 0 Å². The Kier molecular flexibility index (Phi) is 6.15. The maximum Gasteiger partial charge on any atom is 0.253 e. The van der Waals surface area contributed by atoms with Crippen LogP contribution in [0.2, 0.25) is 5.02 Å². The average Bonchev–Trinajstić information content (AvgIpc) is 3.29. The number of rotatable bonds is 7. The van der Waals surface area contributed by atoms with Crippen LogP contribution in [0.4, 0.5) is 5.95 Å². The Hall–Kier alpha value is -4.24. The van der Waals surface area contributed by atoms with E-state index in [1.807, 2.05) is 48.9 Å². The lowest BCUT2D eigenvalue weighted by molar-refractivity contribution is 0.302. The van der Waals surface area contributed by atoms with E-state index in [9.17, 15) is 4.79 Å². The second-order valence-corrected chi connectivity index (χ2v) is 8.46. The third-order valence-electron chi connectivity index (χ3n) is 5.57. The van der Waals surface area contributed by atoms with E-state index in [4.69, 9.17) is 16.3 Å². The molecule has 4 aromatic heterocycles. The van der Waals surface area contributed by atoms with Gasteiger partial charge in [-0.25, -0.2) is 15.0 Å². The van der Waals surface area contributed by atoms with Gasteiger partial charge in [0.1, 0.15) is 12.4 Å². The number of anilines is 1. The van der Waals surface area contributed by atoms with Crippen LogP contribution in [0.3, 0.4) is 0 Å². The van der Waals surface area contributed by atoms with Crippen LogP contribution in [-0.4, -0.2) is 29.5 Å². The summed E-state index contributed by atoms with van der Waals surface area (Å²) >= 11 is 6.47. The summed E-state index contributed by atoms with van der Waals surface area (Å²) in [7, 11) is 1.90. The number of imidazole rings is 1. The molecule has 176 valence electrons. The van der Waals surface area contributed by atoms with Crippen molar-refractivity contribution < 1.29 is 4.74 Å². The zero-order valence-corrected chi connectivity index (χ0v) is 19.8. The number of aromatic amines is 1. The van der Waals surface area contributed by atoms with Gasteiger partial charge in [-0.3, -0.25) is 9.78 Å². The molecule has 1 atom stereocenters. The Morgan fingerprint density at radius 1 is 1.17 bits per heavy atom. The van der Waals surface area contributed by atoms with Gasteiger partial charge in [0.2, 0.25) is 5.95 Å². The van der Waals surface area contributed by atoms with Crippen LogP contribution >= 0.6 is 11.6 Å². The van der Waals surface area contributed by atoms with Gasteiger partial charge in [0.05, 0.1) is 46.2 Å². The number of aromatic nitrogens is 6. The summed E-state index contributed by atoms with van der Waals surface area (Å²) in [4.78, 5) is 33.1. The minimum atomic E-state index is -0.358. The smallest absolute Gasteiger partial charge is 0.253 e. The van der Waals surface area contributed by atoms with Crippen molar-refractivity contribution in [2.24, 2.45) is 7.05 Å². The second-order valence-electron chi connectivity index (χ2n) is 8.05. The standard InChI is InChI=1S/C25H22ClN7O2/c1-15(30-25-29-8-6-20(32-25)22-12-27-14-33(22)2)18-9-16-10-19(26)23(11-21(16)31-24(18)34)35-13-17-5-3-4-7-28-17/h3-12,14-15H,13H2,1-2H3,(H,31,34)(H,29,30,32)/t15-/m0/s1. The van der Waals surface area contributed by atoms with Gasteiger partial charge in [0, 0.05) is 36.5 Å². The quantitative estimate of drug-likeness (QED) is 0.347. The van der Waals surface area contributed by atoms with Crippen LogP contribution in [0.15, 0.2) is 72.2 Å². The van der Waals surface area contributed by atoms with Crippen LogP contribution in [0.25, 0.3) is 22.3 Å². The van der Waals surface area contributed by atoms with Crippen LogP contribution < -0.4 is 15.6 Å². The number of halogens is 1. The van der Waals surface area contributed by atoms with E-state index >= 15 is 0 Å². The number of nitrogens with zero attached hydrogens (tertiary/aromatic N) is 5. The van der Waals surface area contributed by atoms with Gasteiger partial charge in [0.15, 0.2) is 0 Å². The summed E-state index contributed by atoms with van der Waals surface area (Å²) in [6.45, 7) is 2.15. The lowest BCUT2D eigenvalue weighted by Gasteiger charge is -2.15. The lowest BCUT2D eigenvalue weighted by Crippen LogP contribution is -2.20. The molecular weight excluding hydrogens is 466 g/mol. The Morgan fingerprint density at radius 3 is 2.83 bits per heavy atom. The first-order chi connectivity index (χ1) is 17.0. The molecule has 35 heavy (non-hydrogen) atoms. The third kappa shape index (κ3) is 4.85. The molecule has 5 rings (SSSR count). The normalized spacial score (nSPS) is 12.0. The number of hydrogen-bond donors (Lipinski definition) is 2. The summed E-state index contributed by atoms with van der Waals surface area (Å²) in [6, 6.07) is 12.4. The molecule has 0 amide bonds. The van der Waals surface area contributed by atoms with E-state index in [2.05, 4.69) is 30.2 Å². The van der Waals surface area contributed by atoms with Gasteiger partial charge in [0.25, 0.3) is 5.56 Å². The number of H-pyrrole nitrogens is 1. The first kappa shape index (κ1) is 22.5. The number of pyridine rings is 2. The number of fused-ring (bicyclic) bond motifs is 1. The molecule has 0 aliphatic rings. The van der Waals surface area contributed by atoms with Gasteiger partial charge in [-0.15, -0.1) is 0 Å². The van der Waals surface area contributed by atoms with E-state index in [-0.39, 0.29) is 18.2 Å². The highest BCUT2D eigenvalue weighted by Gasteiger charge is 2.15. The molecule has 0 saturated heterocycles. The molecule has 4 heterocycles. The van der Waals surface area contributed by atoms with E-state index < -0.39 is 0 Å². The van der Waals surface area contributed by atoms with Gasteiger partial charge in [-0.1, -0.05) is 17.7 Å². The maximum absolute atomic E-state index is 12.9. The van der Waals surface area contributed by atoms with Crippen molar-refractivity contribution >= 4 is 28.5 Å². The van der Waals surface area contributed by atoms with E-state index in [0.29, 0.717) is 27.8 Å². The van der Waals surface area contributed by atoms with Crippen LogP contribution in [0.5, 0.6) is 5.75 Å². The fraction of sp³-hybridized carbons (Fsp3) is 0.160. The van der Waals surface area contributed by atoms with Crippen molar-refractivity contribution in [1.82, 2.24) is 29.5 Å². The van der Waals surface area contributed by atoms with Crippen molar-refractivity contribution in [3.8, 4) is 17.1 Å². The van der Waals surface area contributed by atoms with Gasteiger partial charge < -0.3 is 19.6 Å². The minimum Gasteiger partial charge on any atom is -0.486 e. The van der Waals surface area contributed by atoms with E-state index in [0.717, 1.165) is 22.5 Å². The second kappa shape index (κ2) is 9.55. The molecule has 0 saturated carbocycles. The molecule has 0 aliphatic heterocycles. The Balaban J connectivity index is 1.38. The first-order valence-electron chi connectivity index (χ1n) is 10.9.